The van der Waals surface area contributed by atoms with Crippen molar-refractivity contribution in [2.45, 2.75) is 31.6 Å². The molecule has 1 unspecified atom stereocenters. The molecule has 3 nitrogen and oxygen atoms in total. The Hall–Kier alpha value is -1.61. The van der Waals surface area contributed by atoms with E-state index in [1.165, 1.54) is 0 Å². The van der Waals surface area contributed by atoms with E-state index in [2.05, 4.69) is 17.6 Å². The molecule has 0 bridgehead atoms. The van der Waals surface area contributed by atoms with Gasteiger partial charge in [0.15, 0.2) is 0 Å². The zero-order valence-corrected chi connectivity index (χ0v) is 10.7. The van der Waals surface area contributed by atoms with Crippen molar-refractivity contribution < 1.29 is 9.63 Å². The monoisotopic (exact) mass is 245 g/mol. The minimum atomic E-state index is -0.530. The third kappa shape index (κ3) is 2.46. The molecular weight excluding hydrogens is 226 g/mol. The van der Waals surface area contributed by atoms with Gasteiger partial charge in [-0.2, -0.15) is 5.48 Å². The highest BCUT2D eigenvalue weighted by Crippen LogP contribution is 2.37. The molecule has 0 amide bonds. The first kappa shape index (κ1) is 12.8. The van der Waals surface area contributed by atoms with Gasteiger partial charge in [-0.15, -0.1) is 0 Å². The van der Waals surface area contributed by atoms with Gasteiger partial charge in [0.05, 0.1) is 5.41 Å². The topological polar surface area (TPSA) is 38.3 Å². The van der Waals surface area contributed by atoms with Crippen LogP contribution in [0.25, 0.3) is 0 Å². The van der Waals surface area contributed by atoms with Crippen molar-refractivity contribution in [2.24, 2.45) is 0 Å². The molecule has 1 aliphatic rings. The number of carbonyl (C=O) groups excluding carboxylic acids is 1. The van der Waals surface area contributed by atoms with Crippen LogP contribution in [0.5, 0.6) is 0 Å². The fourth-order valence-electron chi connectivity index (χ4n) is 2.39. The molecule has 0 spiro atoms. The van der Waals surface area contributed by atoms with E-state index in [0.29, 0.717) is 13.0 Å². The SMILES string of the molecule is CCNOC(=O)C1(c2ccccc2)CC=CCC1. The van der Waals surface area contributed by atoms with Crippen LogP contribution in [-0.2, 0) is 15.0 Å². The first-order valence-corrected chi connectivity index (χ1v) is 6.44. The van der Waals surface area contributed by atoms with Crippen LogP contribution < -0.4 is 5.48 Å². The molecule has 0 fully saturated rings. The first-order chi connectivity index (χ1) is 8.79. The molecule has 0 saturated carbocycles. The minimum absolute atomic E-state index is 0.181. The molecular formula is C15H19NO2. The van der Waals surface area contributed by atoms with E-state index < -0.39 is 5.41 Å². The van der Waals surface area contributed by atoms with Crippen LogP contribution >= 0.6 is 0 Å². The van der Waals surface area contributed by atoms with Crippen molar-refractivity contribution in [1.29, 1.82) is 0 Å². The highest BCUT2D eigenvalue weighted by Gasteiger charge is 2.41. The second-order valence-electron chi connectivity index (χ2n) is 4.55. The number of carbonyl (C=O) groups is 1. The molecule has 0 saturated heterocycles. The Labute approximate surface area is 108 Å². The predicted octanol–water partition coefficient (Wildman–Crippen LogP) is 2.73. The van der Waals surface area contributed by atoms with Crippen molar-refractivity contribution in [3.63, 3.8) is 0 Å². The fourth-order valence-corrected chi connectivity index (χ4v) is 2.39. The summed E-state index contributed by atoms with van der Waals surface area (Å²) in [6.07, 6.45) is 6.63. The number of benzene rings is 1. The van der Waals surface area contributed by atoms with Crippen molar-refractivity contribution in [3.8, 4) is 0 Å². The molecule has 1 aliphatic carbocycles. The first-order valence-electron chi connectivity index (χ1n) is 6.44. The van der Waals surface area contributed by atoms with E-state index in [1.807, 2.05) is 37.3 Å². The predicted molar refractivity (Wildman–Crippen MR) is 70.9 cm³/mol. The third-order valence-electron chi connectivity index (χ3n) is 3.40. The zero-order valence-electron chi connectivity index (χ0n) is 10.7. The summed E-state index contributed by atoms with van der Waals surface area (Å²) < 4.78 is 0. The van der Waals surface area contributed by atoms with Crippen LogP contribution in [-0.4, -0.2) is 12.5 Å². The maximum Gasteiger partial charge on any atom is 0.335 e. The Morgan fingerprint density at radius 3 is 2.72 bits per heavy atom. The minimum Gasteiger partial charge on any atom is -0.370 e. The Morgan fingerprint density at radius 1 is 1.33 bits per heavy atom. The van der Waals surface area contributed by atoms with E-state index in [9.17, 15) is 4.79 Å². The molecule has 1 N–H and O–H groups in total. The van der Waals surface area contributed by atoms with Gasteiger partial charge >= 0.3 is 5.97 Å². The average Bonchev–Trinajstić information content (AvgIpc) is 2.46. The lowest BCUT2D eigenvalue weighted by Crippen LogP contribution is -2.40. The molecule has 2 rings (SSSR count). The van der Waals surface area contributed by atoms with Gasteiger partial charge in [-0.1, -0.05) is 42.5 Å². The third-order valence-corrected chi connectivity index (χ3v) is 3.40. The van der Waals surface area contributed by atoms with Gasteiger partial charge in [-0.25, -0.2) is 4.79 Å². The smallest absolute Gasteiger partial charge is 0.335 e. The Kier molecular flexibility index (Phi) is 4.15. The number of hydrogen-bond donors (Lipinski definition) is 1. The highest BCUT2D eigenvalue weighted by molar-refractivity contribution is 5.83. The molecule has 0 radical (unpaired) electrons. The van der Waals surface area contributed by atoms with Gasteiger partial charge in [0.2, 0.25) is 0 Å². The van der Waals surface area contributed by atoms with Gasteiger partial charge in [0.1, 0.15) is 0 Å². The summed E-state index contributed by atoms with van der Waals surface area (Å²) in [4.78, 5) is 17.5. The van der Waals surface area contributed by atoms with Crippen molar-refractivity contribution >= 4 is 5.97 Å². The summed E-state index contributed by atoms with van der Waals surface area (Å²) in [5, 5.41) is 0. The van der Waals surface area contributed by atoms with Gasteiger partial charge in [-0.3, -0.25) is 0 Å². The molecule has 1 aromatic rings. The molecule has 1 atom stereocenters. The molecule has 96 valence electrons. The largest absolute Gasteiger partial charge is 0.370 e. The second kappa shape index (κ2) is 5.83. The van der Waals surface area contributed by atoms with Crippen LogP contribution in [0.3, 0.4) is 0 Å². The molecule has 0 heterocycles. The average molecular weight is 245 g/mol. The van der Waals surface area contributed by atoms with E-state index >= 15 is 0 Å². The zero-order chi connectivity index (χ0) is 12.8. The van der Waals surface area contributed by atoms with Crippen molar-refractivity contribution in [3.05, 3.63) is 48.0 Å². The summed E-state index contributed by atoms with van der Waals surface area (Å²) in [5.74, 6) is -0.181. The molecule has 3 heteroatoms. The second-order valence-corrected chi connectivity index (χ2v) is 4.55. The highest BCUT2D eigenvalue weighted by atomic mass is 16.7. The van der Waals surface area contributed by atoms with Crippen LogP contribution in [0, 0.1) is 0 Å². The van der Waals surface area contributed by atoms with Gasteiger partial charge < -0.3 is 4.84 Å². The number of allylic oxidation sites excluding steroid dienone is 2. The van der Waals surface area contributed by atoms with Gasteiger partial charge in [0, 0.05) is 6.54 Å². The number of hydrogen-bond acceptors (Lipinski definition) is 3. The number of nitrogens with one attached hydrogen (secondary N) is 1. The molecule has 1 aromatic carbocycles. The molecule has 0 aromatic heterocycles. The van der Waals surface area contributed by atoms with Crippen LogP contribution in [0.1, 0.15) is 31.7 Å². The summed E-state index contributed by atoms with van der Waals surface area (Å²) in [5.41, 5.74) is 3.18. The summed E-state index contributed by atoms with van der Waals surface area (Å²) in [6.45, 7) is 2.52. The summed E-state index contributed by atoms with van der Waals surface area (Å²) in [7, 11) is 0. The lowest BCUT2D eigenvalue weighted by molar-refractivity contribution is -0.158. The van der Waals surface area contributed by atoms with Gasteiger partial charge in [0.25, 0.3) is 0 Å². The van der Waals surface area contributed by atoms with E-state index in [0.717, 1.165) is 18.4 Å². The Balaban J connectivity index is 2.29. The fraction of sp³-hybridized carbons (Fsp3) is 0.400. The molecule has 0 aliphatic heterocycles. The number of hydroxylamine groups is 1. The number of rotatable bonds is 4. The maximum atomic E-state index is 12.4. The summed E-state index contributed by atoms with van der Waals surface area (Å²) in [6, 6.07) is 9.91. The lowest BCUT2D eigenvalue weighted by Gasteiger charge is -2.32. The maximum absolute atomic E-state index is 12.4. The lowest BCUT2D eigenvalue weighted by atomic mass is 9.72. The normalized spacial score (nSPS) is 22.7. The standard InChI is InChI=1S/C15H19NO2/c1-2-16-18-14(17)15(11-7-4-8-12-15)13-9-5-3-6-10-13/h3-7,9-10,16H,2,8,11-12H2,1H3. The van der Waals surface area contributed by atoms with Crippen LogP contribution in [0.4, 0.5) is 0 Å². The van der Waals surface area contributed by atoms with Crippen molar-refractivity contribution in [1.82, 2.24) is 5.48 Å². The van der Waals surface area contributed by atoms with Crippen LogP contribution in [0.2, 0.25) is 0 Å². The summed E-state index contributed by atoms with van der Waals surface area (Å²) >= 11 is 0. The quantitative estimate of drug-likeness (QED) is 0.654. The van der Waals surface area contributed by atoms with E-state index in [1.54, 1.807) is 0 Å². The Bertz CT molecular complexity index is 427. The van der Waals surface area contributed by atoms with E-state index in [-0.39, 0.29) is 5.97 Å². The Morgan fingerprint density at radius 2 is 2.11 bits per heavy atom. The van der Waals surface area contributed by atoms with Crippen LogP contribution in [0.15, 0.2) is 42.5 Å². The van der Waals surface area contributed by atoms with Gasteiger partial charge in [-0.05, 0) is 31.7 Å². The molecule has 18 heavy (non-hydrogen) atoms. The van der Waals surface area contributed by atoms with Crippen molar-refractivity contribution in [2.75, 3.05) is 6.54 Å². The van der Waals surface area contributed by atoms with E-state index in [4.69, 9.17) is 4.84 Å².